The van der Waals surface area contributed by atoms with Gasteiger partial charge >= 0.3 is 0 Å². The summed E-state index contributed by atoms with van der Waals surface area (Å²) >= 11 is 0. The Morgan fingerprint density at radius 2 is 1.96 bits per heavy atom. The van der Waals surface area contributed by atoms with E-state index in [-0.39, 0.29) is 5.57 Å². The number of nitrogens with zero attached hydrogens (tertiary/aromatic N) is 2. The van der Waals surface area contributed by atoms with E-state index < -0.39 is 5.91 Å². The molecule has 0 unspecified atom stereocenters. The van der Waals surface area contributed by atoms with Crippen LogP contribution in [-0.2, 0) is 11.3 Å². The molecule has 2 aromatic rings. The van der Waals surface area contributed by atoms with Gasteiger partial charge in [0.25, 0.3) is 5.91 Å². The van der Waals surface area contributed by atoms with Crippen molar-refractivity contribution in [1.29, 1.82) is 5.26 Å². The van der Waals surface area contributed by atoms with Crippen molar-refractivity contribution in [3.8, 4) is 17.6 Å². The topological polar surface area (TPSA) is 90.3 Å². The molecular formula is C17H17N3O3. The molecule has 1 aromatic carbocycles. The van der Waals surface area contributed by atoms with Gasteiger partial charge in [-0.1, -0.05) is 0 Å². The molecule has 118 valence electrons. The highest BCUT2D eigenvalue weighted by Crippen LogP contribution is 2.23. The maximum Gasteiger partial charge on any atom is 0.259 e. The van der Waals surface area contributed by atoms with Gasteiger partial charge in [-0.3, -0.25) is 4.79 Å². The predicted octanol–water partition coefficient (Wildman–Crippen LogP) is 1.95. The number of carbonyl (C=O) groups is 1. The van der Waals surface area contributed by atoms with E-state index in [1.807, 2.05) is 29.0 Å². The van der Waals surface area contributed by atoms with Gasteiger partial charge in [-0.25, -0.2) is 0 Å². The van der Waals surface area contributed by atoms with E-state index in [4.69, 9.17) is 20.5 Å². The van der Waals surface area contributed by atoms with Gasteiger partial charge in [0, 0.05) is 24.5 Å². The molecule has 2 rings (SSSR count). The fraction of sp³-hybridized carbons (Fsp3) is 0.176. The van der Waals surface area contributed by atoms with Gasteiger partial charge in [-0.15, -0.1) is 0 Å². The molecule has 0 radical (unpaired) electrons. The molecule has 1 aromatic heterocycles. The summed E-state index contributed by atoms with van der Waals surface area (Å²) in [5, 5.41) is 8.95. The lowest BCUT2D eigenvalue weighted by molar-refractivity contribution is -0.114. The van der Waals surface area contributed by atoms with Gasteiger partial charge in [-0.2, -0.15) is 5.26 Å². The molecular weight excluding hydrogens is 294 g/mol. The quantitative estimate of drug-likeness (QED) is 0.652. The summed E-state index contributed by atoms with van der Waals surface area (Å²) in [5.74, 6) is 0.639. The maximum atomic E-state index is 11.2. The van der Waals surface area contributed by atoms with E-state index in [1.165, 1.54) is 6.08 Å². The highest BCUT2D eigenvalue weighted by molar-refractivity contribution is 6.00. The van der Waals surface area contributed by atoms with E-state index >= 15 is 0 Å². The van der Waals surface area contributed by atoms with Crippen LogP contribution in [0.2, 0.25) is 0 Å². The normalized spacial score (nSPS) is 10.9. The molecule has 0 saturated heterocycles. The van der Waals surface area contributed by atoms with Crippen LogP contribution in [0.3, 0.4) is 0 Å². The van der Waals surface area contributed by atoms with Gasteiger partial charge in [0.2, 0.25) is 0 Å². The minimum Gasteiger partial charge on any atom is -0.497 e. The molecule has 0 spiro atoms. The summed E-state index contributed by atoms with van der Waals surface area (Å²) in [4.78, 5) is 11.2. The number of ether oxygens (including phenoxy) is 2. The first-order chi connectivity index (χ1) is 11.1. The lowest BCUT2D eigenvalue weighted by Crippen LogP contribution is -2.13. The summed E-state index contributed by atoms with van der Waals surface area (Å²) in [6, 6.07) is 11.0. The number of rotatable bonds is 6. The van der Waals surface area contributed by atoms with E-state index in [0.717, 1.165) is 5.56 Å². The van der Waals surface area contributed by atoms with E-state index in [9.17, 15) is 4.79 Å². The summed E-state index contributed by atoms with van der Waals surface area (Å²) in [5.41, 5.74) is 6.75. The van der Waals surface area contributed by atoms with Crippen molar-refractivity contribution in [2.24, 2.45) is 5.73 Å². The number of primary amides is 1. The third-order valence-corrected chi connectivity index (χ3v) is 3.31. The number of hydrogen-bond donors (Lipinski definition) is 1. The molecule has 0 bridgehead atoms. The summed E-state index contributed by atoms with van der Waals surface area (Å²) in [7, 11) is 3.18. The number of nitrogens with two attached hydrogens (primary N) is 1. The second-order valence-electron chi connectivity index (χ2n) is 4.82. The average molecular weight is 311 g/mol. The second-order valence-corrected chi connectivity index (χ2v) is 4.82. The smallest absolute Gasteiger partial charge is 0.259 e. The zero-order valence-corrected chi connectivity index (χ0v) is 12.9. The average Bonchev–Trinajstić information content (AvgIpc) is 2.98. The molecule has 0 atom stereocenters. The van der Waals surface area contributed by atoms with Crippen molar-refractivity contribution in [3.05, 3.63) is 53.4 Å². The monoisotopic (exact) mass is 311 g/mol. The minimum absolute atomic E-state index is 0.0897. The number of methoxy groups -OCH3 is 2. The Labute approximate surface area is 134 Å². The van der Waals surface area contributed by atoms with Crippen LogP contribution in [0.1, 0.15) is 11.3 Å². The number of benzene rings is 1. The number of nitriles is 1. The zero-order valence-electron chi connectivity index (χ0n) is 12.9. The van der Waals surface area contributed by atoms with Gasteiger partial charge in [0.15, 0.2) is 0 Å². The fourth-order valence-electron chi connectivity index (χ4n) is 2.16. The Balaban J connectivity index is 2.34. The molecule has 1 heterocycles. The molecule has 0 saturated carbocycles. The number of hydrogen-bond acceptors (Lipinski definition) is 4. The maximum absolute atomic E-state index is 11.2. The first kappa shape index (κ1) is 16.2. The fourth-order valence-corrected chi connectivity index (χ4v) is 2.16. The Bertz CT molecular complexity index is 762. The van der Waals surface area contributed by atoms with Crippen LogP contribution >= 0.6 is 0 Å². The lowest BCUT2D eigenvalue weighted by Gasteiger charge is -2.11. The van der Waals surface area contributed by atoms with Crippen molar-refractivity contribution in [2.75, 3.05) is 14.2 Å². The van der Waals surface area contributed by atoms with Crippen LogP contribution in [0.15, 0.2) is 42.1 Å². The number of carbonyl (C=O) groups excluding carboxylic acids is 1. The third kappa shape index (κ3) is 3.92. The van der Waals surface area contributed by atoms with Gasteiger partial charge in [0.1, 0.15) is 23.1 Å². The van der Waals surface area contributed by atoms with E-state index in [0.29, 0.717) is 23.7 Å². The Hall–Kier alpha value is -3.20. The van der Waals surface area contributed by atoms with Crippen molar-refractivity contribution in [3.63, 3.8) is 0 Å². The largest absolute Gasteiger partial charge is 0.497 e. The van der Waals surface area contributed by atoms with Crippen LogP contribution < -0.4 is 15.2 Å². The highest BCUT2D eigenvalue weighted by atomic mass is 16.5. The Kier molecular flexibility index (Phi) is 5.05. The molecule has 2 N–H and O–H groups in total. The van der Waals surface area contributed by atoms with Gasteiger partial charge in [-0.05, 0) is 35.9 Å². The van der Waals surface area contributed by atoms with Crippen molar-refractivity contribution < 1.29 is 14.3 Å². The van der Waals surface area contributed by atoms with E-state index in [2.05, 4.69) is 0 Å². The molecule has 23 heavy (non-hydrogen) atoms. The highest BCUT2D eigenvalue weighted by Gasteiger charge is 2.08. The zero-order chi connectivity index (χ0) is 16.8. The minimum atomic E-state index is -0.747. The van der Waals surface area contributed by atoms with E-state index in [1.54, 1.807) is 32.4 Å². The molecule has 0 aliphatic carbocycles. The molecule has 6 nitrogen and oxygen atoms in total. The van der Waals surface area contributed by atoms with Crippen molar-refractivity contribution in [1.82, 2.24) is 4.57 Å². The van der Waals surface area contributed by atoms with Gasteiger partial charge < -0.3 is 19.8 Å². The molecule has 0 fully saturated rings. The van der Waals surface area contributed by atoms with Crippen LogP contribution in [0.5, 0.6) is 11.5 Å². The molecule has 0 aliphatic heterocycles. The van der Waals surface area contributed by atoms with Gasteiger partial charge in [0.05, 0.1) is 14.2 Å². The van der Waals surface area contributed by atoms with Crippen LogP contribution in [0.25, 0.3) is 6.08 Å². The summed E-state index contributed by atoms with van der Waals surface area (Å²) in [6.45, 7) is 0.532. The molecule has 6 heteroatoms. The van der Waals surface area contributed by atoms with Crippen molar-refractivity contribution in [2.45, 2.75) is 6.54 Å². The second kappa shape index (κ2) is 7.18. The standard InChI is InChI=1S/C17H17N3O3/c1-22-15-6-12(7-16(9-15)23-2)11-20-5-3-4-14(20)8-13(10-18)17(19)21/h3-9H,11H2,1-2H3,(H2,19,21). The first-order valence-electron chi connectivity index (χ1n) is 6.86. The number of aromatic nitrogens is 1. The SMILES string of the molecule is COc1cc(Cn2cccc2C=C(C#N)C(N)=O)cc(OC)c1. The lowest BCUT2D eigenvalue weighted by atomic mass is 10.2. The van der Waals surface area contributed by atoms with Crippen LogP contribution in [-0.4, -0.2) is 24.7 Å². The van der Waals surface area contributed by atoms with Crippen LogP contribution in [0.4, 0.5) is 0 Å². The summed E-state index contributed by atoms with van der Waals surface area (Å²) < 4.78 is 12.4. The third-order valence-electron chi connectivity index (χ3n) is 3.31. The van der Waals surface area contributed by atoms with Crippen molar-refractivity contribution >= 4 is 12.0 Å². The Morgan fingerprint density at radius 3 is 2.48 bits per heavy atom. The molecule has 0 aliphatic rings. The molecule has 1 amide bonds. The predicted molar refractivity (Wildman–Crippen MR) is 85.9 cm³/mol. The summed E-state index contributed by atoms with van der Waals surface area (Å²) in [6.07, 6.45) is 3.33. The van der Waals surface area contributed by atoms with Crippen LogP contribution in [0, 0.1) is 11.3 Å². The Morgan fingerprint density at radius 1 is 1.30 bits per heavy atom. The number of amides is 1. The first-order valence-corrected chi connectivity index (χ1v) is 6.86.